The monoisotopic (exact) mass is 385 g/mol. The van der Waals surface area contributed by atoms with Gasteiger partial charge in [-0.2, -0.15) is 5.10 Å². The number of fused-ring (bicyclic) bond motifs is 1. The van der Waals surface area contributed by atoms with Crippen molar-refractivity contribution in [2.45, 2.75) is 26.7 Å². The van der Waals surface area contributed by atoms with Gasteiger partial charge in [0, 0.05) is 29.6 Å². The van der Waals surface area contributed by atoms with E-state index in [2.05, 4.69) is 15.4 Å². The first kappa shape index (κ1) is 19.3. The van der Waals surface area contributed by atoms with Crippen LogP contribution in [0.25, 0.3) is 5.65 Å². The average molecular weight is 385 g/mol. The number of amides is 2. The predicted octanol–water partition coefficient (Wildman–Crippen LogP) is 2.16. The number of halogens is 1. The van der Waals surface area contributed by atoms with E-state index in [1.54, 1.807) is 17.5 Å². The summed E-state index contributed by atoms with van der Waals surface area (Å²) in [6.45, 7) is 3.64. The van der Waals surface area contributed by atoms with E-state index in [0.29, 0.717) is 23.4 Å². The summed E-state index contributed by atoms with van der Waals surface area (Å²) in [5, 5.41) is 6.82. The van der Waals surface area contributed by atoms with E-state index in [1.165, 1.54) is 25.4 Å². The quantitative estimate of drug-likeness (QED) is 0.675. The van der Waals surface area contributed by atoms with Crippen LogP contribution in [0.5, 0.6) is 5.75 Å². The molecule has 0 aliphatic heterocycles. The molecular weight excluding hydrogens is 365 g/mol. The first-order valence-corrected chi connectivity index (χ1v) is 8.58. The van der Waals surface area contributed by atoms with Crippen LogP contribution < -0.4 is 15.8 Å². The Bertz CT molecular complexity index is 1080. The Morgan fingerprint density at radius 3 is 2.71 bits per heavy atom. The molecule has 0 aliphatic rings. The van der Waals surface area contributed by atoms with Crippen molar-refractivity contribution in [2.24, 2.45) is 5.73 Å². The number of nitrogens with one attached hydrogen (secondary N) is 1. The Balaban J connectivity index is 1.75. The Hall–Kier alpha value is -3.49. The highest BCUT2D eigenvalue weighted by Crippen LogP contribution is 2.22. The second-order valence-corrected chi connectivity index (χ2v) is 6.32. The summed E-state index contributed by atoms with van der Waals surface area (Å²) in [4.78, 5) is 28.2. The molecule has 28 heavy (non-hydrogen) atoms. The van der Waals surface area contributed by atoms with E-state index in [-0.39, 0.29) is 23.6 Å². The number of methoxy groups -OCH3 is 1. The standard InChI is InChI=1S/C19H20FN5O3/c1-10-13(11(2)25-19(23-10)14(9-22-25)18(21)27)5-7-17(26)24-12-4-6-16(28-3)15(20)8-12/h4,6,8-9H,5,7H2,1-3H3,(H2,21,27)(H,24,26). The summed E-state index contributed by atoms with van der Waals surface area (Å²) in [6.07, 6.45) is 1.97. The summed E-state index contributed by atoms with van der Waals surface area (Å²) >= 11 is 0. The van der Waals surface area contributed by atoms with E-state index in [4.69, 9.17) is 10.5 Å². The van der Waals surface area contributed by atoms with Crippen LogP contribution in [0.2, 0.25) is 0 Å². The van der Waals surface area contributed by atoms with Gasteiger partial charge in [0.1, 0.15) is 5.56 Å². The average Bonchev–Trinajstić information content (AvgIpc) is 3.06. The largest absolute Gasteiger partial charge is 0.494 e. The SMILES string of the molecule is COc1ccc(NC(=O)CCc2c(C)nc3c(C(N)=O)cnn3c2C)cc1F. The number of hydrogen-bond donors (Lipinski definition) is 2. The van der Waals surface area contributed by atoms with Crippen LogP contribution >= 0.6 is 0 Å². The van der Waals surface area contributed by atoms with Crippen molar-refractivity contribution in [1.29, 1.82) is 0 Å². The van der Waals surface area contributed by atoms with Gasteiger partial charge in [0.2, 0.25) is 5.91 Å². The predicted molar refractivity (Wildman–Crippen MR) is 101 cm³/mol. The molecule has 3 N–H and O–H groups in total. The van der Waals surface area contributed by atoms with Gasteiger partial charge in [-0.1, -0.05) is 0 Å². The number of aromatic nitrogens is 3. The number of aryl methyl sites for hydroxylation is 2. The molecule has 0 aliphatic carbocycles. The van der Waals surface area contributed by atoms with Gasteiger partial charge in [0.05, 0.1) is 13.3 Å². The number of hydrogen-bond acceptors (Lipinski definition) is 5. The van der Waals surface area contributed by atoms with Gasteiger partial charge < -0.3 is 15.8 Å². The van der Waals surface area contributed by atoms with E-state index < -0.39 is 11.7 Å². The zero-order chi connectivity index (χ0) is 20.4. The second-order valence-electron chi connectivity index (χ2n) is 6.32. The van der Waals surface area contributed by atoms with Gasteiger partial charge in [-0.3, -0.25) is 9.59 Å². The van der Waals surface area contributed by atoms with E-state index in [0.717, 1.165) is 11.3 Å². The fraction of sp³-hybridized carbons (Fsp3) is 0.263. The molecule has 0 saturated heterocycles. The first-order chi connectivity index (χ1) is 13.3. The third-order valence-corrected chi connectivity index (χ3v) is 4.51. The lowest BCUT2D eigenvalue weighted by atomic mass is 10.1. The minimum atomic E-state index is -0.597. The molecule has 0 unspecified atom stereocenters. The molecule has 0 saturated carbocycles. The Labute approximate surface area is 160 Å². The zero-order valence-corrected chi connectivity index (χ0v) is 15.7. The molecule has 8 nitrogen and oxygen atoms in total. The highest BCUT2D eigenvalue weighted by Gasteiger charge is 2.17. The van der Waals surface area contributed by atoms with Crippen molar-refractivity contribution < 1.29 is 18.7 Å². The number of anilines is 1. The number of ether oxygens (including phenoxy) is 1. The number of nitrogens with two attached hydrogens (primary N) is 1. The molecule has 0 atom stereocenters. The molecule has 2 heterocycles. The third-order valence-electron chi connectivity index (χ3n) is 4.51. The van der Waals surface area contributed by atoms with Crippen LogP contribution in [0.15, 0.2) is 24.4 Å². The molecule has 9 heteroatoms. The fourth-order valence-corrected chi connectivity index (χ4v) is 3.05. The van der Waals surface area contributed by atoms with E-state index in [1.807, 2.05) is 6.92 Å². The van der Waals surface area contributed by atoms with Crippen molar-refractivity contribution in [1.82, 2.24) is 14.6 Å². The van der Waals surface area contributed by atoms with Crippen molar-refractivity contribution in [3.05, 3.63) is 52.7 Å². The van der Waals surface area contributed by atoms with Gasteiger partial charge in [-0.25, -0.2) is 13.9 Å². The molecule has 0 spiro atoms. The number of benzene rings is 1. The molecule has 2 amide bonds. The van der Waals surface area contributed by atoms with Crippen LogP contribution in [0.3, 0.4) is 0 Å². The Morgan fingerprint density at radius 2 is 2.07 bits per heavy atom. The lowest BCUT2D eigenvalue weighted by Crippen LogP contribution is -2.15. The molecule has 2 aromatic heterocycles. The zero-order valence-electron chi connectivity index (χ0n) is 15.7. The molecule has 3 aromatic rings. The maximum Gasteiger partial charge on any atom is 0.254 e. The fourth-order valence-electron chi connectivity index (χ4n) is 3.05. The van der Waals surface area contributed by atoms with Gasteiger partial charge >= 0.3 is 0 Å². The topological polar surface area (TPSA) is 112 Å². The third kappa shape index (κ3) is 3.64. The van der Waals surface area contributed by atoms with Crippen molar-refractivity contribution in [3.8, 4) is 5.75 Å². The van der Waals surface area contributed by atoms with Gasteiger partial charge in [-0.15, -0.1) is 0 Å². The minimum Gasteiger partial charge on any atom is -0.494 e. The molecule has 3 rings (SSSR count). The number of carbonyl (C=O) groups is 2. The van der Waals surface area contributed by atoms with Crippen molar-refractivity contribution in [2.75, 3.05) is 12.4 Å². The lowest BCUT2D eigenvalue weighted by molar-refractivity contribution is -0.116. The van der Waals surface area contributed by atoms with Gasteiger partial charge in [0.15, 0.2) is 17.2 Å². The Kier molecular flexibility index (Phi) is 5.25. The maximum atomic E-state index is 13.7. The molecular formula is C19H20FN5O3. The van der Waals surface area contributed by atoms with Crippen LogP contribution in [-0.4, -0.2) is 33.5 Å². The smallest absolute Gasteiger partial charge is 0.254 e. The van der Waals surface area contributed by atoms with Crippen LogP contribution in [-0.2, 0) is 11.2 Å². The molecule has 0 bridgehead atoms. The minimum absolute atomic E-state index is 0.109. The normalized spacial score (nSPS) is 10.9. The summed E-state index contributed by atoms with van der Waals surface area (Å²) in [5.74, 6) is -1.30. The molecule has 0 fully saturated rings. The molecule has 1 aromatic carbocycles. The lowest BCUT2D eigenvalue weighted by Gasteiger charge is -2.12. The van der Waals surface area contributed by atoms with Crippen LogP contribution in [0.1, 0.15) is 33.7 Å². The highest BCUT2D eigenvalue weighted by molar-refractivity contribution is 5.98. The number of nitrogens with zero attached hydrogens (tertiary/aromatic N) is 3. The maximum absolute atomic E-state index is 13.7. The van der Waals surface area contributed by atoms with Crippen molar-refractivity contribution >= 4 is 23.1 Å². The highest BCUT2D eigenvalue weighted by atomic mass is 19.1. The van der Waals surface area contributed by atoms with Crippen LogP contribution in [0.4, 0.5) is 10.1 Å². The molecule has 0 radical (unpaired) electrons. The molecule has 146 valence electrons. The number of rotatable bonds is 6. The Morgan fingerprint density at radius 1 is 1.32 bits per heavy atom. The first-order valence-electron chi connectivity index (χ1n) is 8.58. The van der Waals surface area contributed by atoms with E-state index in [9.17, 15) is 14.0 Å². The summed E-state index contributed by atoms with van der Waals surface area (Å²) in [6, 6.07) is 4.22. The van der Waals surface area contributed by atoms with Crippen molar-refractivity contribution in [3.63, 3.8) is 0 Å². The van der Waals surface area contributed by atoms with Gasteiger partial charge in [-0.05, 0) is 38.0 Å². The summed E-state index contributed by atoms with van der Waals surface area (Å²) in [5.41, 5.74) is 8.65. The summed E-state index contributed by atoms with van der Waals surface area (Å²) in [7, 11) is 1.37. The second kappa shape index (κ2) is 7.63. The summed E-state index contributed by atoms with van der Waals surface area (Å²) < 4.78 is 20.1. The number of primary amides is 1. The van der Waals surface area contributed by atoms with Gasteiger partial charge in [0.25, 0.3) is 5.91 Å². The van der Waals surface area contributed by atoms with E-state index >= 15 is 0 Å². The van der Waals surface area contributed by atoms with Crippen LogP contribution in [0, 0.1) is 19.7 Å². The number of carbonyl (C=O) groups excluding carboxylic acids is 2.